The molecule has 1 aliphatic heterocycles. The number of carbonyl (C=O) groups is 1. The van der Waals surface area contributed by atoms with Gasteiger partial charge in [-0.15, -0.1) is 0 Å². The molecule has 3 aromatic rings. The summed E-state index contributed by atoms with van der Waals surface area (Å²) in [4.78, 5) is 18.2. The second-order valence-electron chi connectivity index (χ2n) is 6.81. The number of fused-ring (bicyclic) bond motifs is 1. The van der Waals surface area contributed by atoms with E-state index in [9.17, 15) is 4.79 Å². The van der Waals surface area contributed by atoms with Gasteiger partial charge in [0.2, 0.25) is 0 Å². The molecule has 1 saturated heterocycles. The van der Waals surface area contributed by atoms with Crippen molar-refractivity contribution in [2.75, 3.05) is 13.1 Å². The van der Waals surface area contributed by atoms with Gasteiger partial charge in [0.1, 0.15) is 5.69 Å². The number of nitrogens with zero attached hydrogens (tertiary/aromatic N) is 1. The van der Waals surface area contributed by atoms with E-state index in [1.165, 1.54) is 5.56 Å². The predicted molar refractivity (Wildman–Crippen MR) is 101 cm³/mol. The lowest BCUT2D eigenvalue weighted by Gasteiger charge is -2.24. The highest BCUT2D eigenvalue weighted by atomic mass is 16.2. The van der Waals surface area contributed by atoms with Crippen LogP contribution >= 0.6 is 0 Å². The van der Waals surface area contributed by atoms with Crippen molar-refractivity contribution in [3.63, 3.8) is 0 Å². The van der Waals surface area contributed by atoms with Crippen LogP contribution in [0.25, 0.3) is 10.9 Å². The maximum atomic E-state index is 12.6. The fourth-order valence-electron chi connectivity index (χ4n) is 3.66. The van der Waals surface area contributed by atoms with E-state index in [0.29, 0.717) is 11.7 Å². The quantitative estimate of drug-likeness (QED) is 0.764. The molecule has 2 heterocycles. The topological polar surface area (TPSA) is 48.1 Å². The first-order chi connectivity index (χ1) is 12.2. The first kappa shape index (κ1) is 15.9. The number of rotatable bonds is 4. The summed E-state index contributed by atoms with van der Waals surface area (Å²) in [6.45, 7) is 4.13. The van der Waals surface area contributed by atoms with E-state index in [1.807, 2.05) is 36.4 Å². The van der Waals surface area contributed by atoms with E-state index in [-0.39, 0.29) is 11.9 Å². The summed E-state index contributed by atoms with van der Waals surface area (Å²) in [6.07, 6.45) is 0.989. The highest BCUT2D eigenvalue weighted by Gasteiger charge is 2.28. The minimum absolute atomic E-state index is 0.0181. The van der Waals surface area contributed by atoms with Crippen molar-refractivity contribution in [2.24, 2.45) is 0 Å². The third-order valence-electron chi connectivity index (χ3n) is 5.16. The van der Waals surface area contributed by atoms with Crippen LogP contribution in [-0.4, -0.2) is 34.9 Å². The van der Waals surface area contributed by atoms with Gasteiger partial charge >= 0.3 is 0 Å². The maximum absolute atomic E-state index is 12.6. The zero-order chi connectivity index (χ0) is 17.2. The van der Waals surface area contributed by atoms with Crippen molar-refractivity contribution in [1.29, 1.82) is 0 Å². The van der Waals surface area contributed by atoms with Crippen molar-refractivity contribution in [2.45, 2.75) is 25.4 Å². The lowest BCUT2D eigenvalue weighted by molar-refractivity contribution is 0.0932. The second-order valence-corrected chi connectivity index (χ2v) is 6.81. The van der Waals surface area contributed by atoms with Gasteiger partial charge in [0.25, 0.3) is 5.91 Å². The van der Waals surface area contributed by atoms with Gasteiger partial charge < -0.3 is 10.3 Å². The number of hydrogen-bond donors (Lipinski definition) is 2. The highest BCUT2D eigenvalue weighted by Crippen LogP contribution is 2.24. The van der Waals surface area contributed by atoms with Gasteiger partial charge in [-0.25, -0.2) is 0 Å². The smallest absolute Gasteiger partial charge is 0.267 e. The lowest BCUT2D eigenvalue weighted by atomic mass is 10.1. The monoisotopic (exact) mass is 333 g/mol. The first-order valence-electron chi connectivity index (χ1n) is 8.88. The van der Waals surface area contributed by atoms with Crippen LogP contribution in [0.1, 0.15) is 35.4 Å². The number of aromatic amines is 1. The number of amides is 1. The van der Waals surface area contributed by atoms with Gasteiger partial charge in [-0.05, 0) is 31.0 Å². The van der Waals surface area contributed by atoms with Gasteiger partial charge in [-0.1, -0.05) is 48.5 Å². The summed E-state index contributed by atoms with van der Waals surface area (Å²) >= 11 is 0. The summed E-state index contributed by atoms with van der Waals surface area (Å²) in [5.41, 5.74) is 2.96. The van der Waals surface area contributed by atoms with Crippen LogP contribution in [0.4, 0.5) is 0 Å². The molecule has 1 fully saturated rings. The van der Waals surface area contributed by atoms with Crippen molar-refractivity contribution in [3.05, 3.63) is 71.9 Å². The minimum Gasteiger partial charge on any atom is -0.351 e. The Kier molecular flexibility index (Phi) is 4.28. The van der Waals surface area contributed by atoms with E-state index < -0.39 is 0 Å². The van der Waals surface area contributed by atoms with E-state index in [0.717, 1.165) is 30.4 Å². The van der Waals surface area contributed by atoms with E-state index >= 15 is 0 Å². The molecule has 4 nitrogen and oxygen atoms in total. The average Bonchev–Trinajstić information content (AvgIpc) is 3.28. The predicted octanol–water partition coefficient (Wildman–Crippen LogP) is 3.73. The van der Waals surface area contributed by atoms with Crippen molar-refractivity contribution in [3.8, 4) is 0 Å². The Bertz CT molecular complexity index is 838. The average molecular weight is 333 g/mol. The lowest BCUT2D eigenvalue weighted by Crippen LogP contribution is -2.37. The second kappa shape index (κ2) is 6.73. The molecule has 128 valence electrons. The number of likely N-dealkylation sites (tertiary alicyclic amines) is 1. The Morgan fingerprint density at radius 3 is 2.72 bits per heavy atom. The van der Waals surface area contributed by atoms with Gasteiger partial charge in [0, 0.05) is 36.1 Å². The van der Waals surface area contributed by atoms with Gasteiger partial charge in [-0.3, -0.25) is 9.69 Å². The fourth-order valence-corrected chi connectivity index (χ4v) is 3.66. The molecule has 0 radical (unpaired) electrons. The molecule has 25 heavy (non-hydrogen) atoms. The molecule has 1 aliphatic rings. The van der Waals surface area contributed by atoms with Gasteiger partial charge in [-0.2, -0.15) is 0 Å². The number of H-pyrrole nitrogens is 1. The first-order valence-corrected chi connectivity index (χ1v) is 8.88. The zero-order valence-corrected chi connectivity index (χ0v) is 14.4. The Morgan fingerprint density at radius 2 is 1.92 bits per heavy atom. The molecule has 1 aromatic heterocycles. The summed E-state index contributed by atoms with van der Waals surface area (Å²) in [7, 11) is 0. The molecule has 2 atom stereocenters. The Morgan fingerprint density at radius 1 is 1.16 bits per heavy atom. The third-order valence-corrected chi connectivity index (χ3v) is 5.16. The van der Waals surface area contributed by atoms with E-state index in [4.69, 9.17) is 0 Å². The molecular weight excluding hydrogens is 310 g/mol. The van der Waals surface area contributed by atoms with Crippen LogP contribution < -0.4 is 5.32 Å². The normalized spacial score (nSPS) is 19.2. The van der Waals surface area contributed by atoms with Crippen LogP contribution in [0, 0.1) is 0 Å². The number of nitrogens with one attached hydrogen (secondary N) is 2. The fraction of sp³-hybridized carbons (Fsp3) is 0.286. The molecule has 2 N–H and O–H groups in total. The molecule has 0 unspecified atom stereocenters. The van der Waals surface area contributed by atoms with Crippen molar-refractivity contribution < 1.29 is 4.79 Å². The number of aromatic nitrogens is 1. The number of hydrogen-bond acceptors (Lipinski definition) is 2. The number of carbonyl (C=O) groups excluding carboxylic acids is 1. The van der Waals surface area contributed by atoms with Crippen LogP contribution in [0.5, 0.6) is 0 Å². The molecule has 0 saturated carbocycles. The van der Waals surface area contributed by atoms with Gasteiger partial charge in [0.05, 0.1) is 0 Å². The molecule has 1 amide bonds. The van der Waals surface area contributed by atoms with Gasteiger partial charge in [0.15, 0.2) is 0 Å². The molecule has 0 bridgehead atoms. The Labute approximate surface area is 147 Å². The standard InChI is InChI=1S/C21H23N3O/c1-15(16-7-3-2-4-8-16)24-12-11-18(14-24)22-21(25)20-13-17-9-5-6-10-19(17)23-20/h2-10,13,15,18,23H,11-12,14H2,1H3,(H,22,25)/t15-,18-/m1/s1. The third kappa shape index (κ3) is 3.30. The largest absolute Gasteiger partial charge is 0.351 e. The van der Waals surface area contributed by atoms with E-state index in [2.05, 4.69) is 46.4 Å². The molecule has 0 spiro atoms. The summed E-state index contributed by atoms with van der Waals surface area (Å²) in [6, 6.07) is 21.0. The maximum Gasteiger partial charge on any atom is 0.267 e. The molecule has 4 heteroatoms. The van der Waals surface area contributed by atoms with Crippen LogP contribution in [0.15, 0.2) is 60.7 Å². The minimum atomic E-state index is -0.0181. The number of benzene rings is 2. The molecule has 0 aliphatic carbocycles. The number of para-hydroxylation sites is 1. The van der Waals surface area contributed by atoms with Crippen molar-refractivity contribution in [1.82, 2.24) is 15.2 Å². The molecular formula is C21H23N3O. The SMILES string of the molecule is C[C@H](c1ccccc1)N1CC[C@@H](NC(=O)c2cc3ccccc3[nH]2)C1. The van der Waals surface area contributed by atoms with Crippen LogP contribution in [0.3, 0.4) is 0 Å². The Hall–Kier alpha value is -2.59. The van der Waals surface area contributed by atoms with Crippen LogP contribution in [-0.2, 0) is 0 Å². The zero-order valence-electron chi connectivity index (χ0n) is 14.4. The summed E-state index contributed by atoms with van der Waals surface area (Å²) in [5, 5.41) is 4.25. The molecule has 4 rings (SSSR count). The molecule has 2 aromatic carbocycles. The Balaban J connectivity index is 1.39. The van der Waals surface area contributed by atoms with Crippen LogP contribution in [0.2, 0.25) is 0 Å². The van der Waals surface area contributed by atoms with Crippen molar-refractivity contribution >= 4 is 16.8 Å². The summed E-state index contributed by atoms with van der Waals surface area (Å²) < 4.78 is 0. The van der Waals surface area contributed by atoms with E-state index in [1.54, 1.807) is 0 Å². The highest BCUT2D eigenvalue weighted by molar-refractivity contribution is 5.98. The summed E-state index contributed by atoms with van der Waals surface area (Å²) in [5.74, 6) is -0.0181.